The predicted octanol–water partition coefficient (Wildman–Crippen LogP) is 6.75. The van der Waals surface area contributed by atoms with E-state index in [0.717, 1.165) is 8.96 Å². The molecular weight excluding hydrogens is 414 g/mol. The normalized spacial score (nSPS) is 20.3. The standard InChI is InChI=1S/C20H19Br2N/c1-14-3-8-18(9-4-14)23(19-10-5-16(21)6-11-19)20-12-7-17(22)13-15(20)2/h3-13,15,20H,1-2H3. The van der Waals surface area contributed by atoms with E-state index in [9.17, 15) is 0 Å². The predicted molar refractivity (Wildman–Crippen MR) is 107 cm³/mol. The second kappa shape index (κ2) is 7.06. The average molecular weight is 433 g/mol. The van der Waals surface area contributed by atoms with Crippen LogP contribution in [0.15, 0.2) is 75.7 Å². The van der Waals surface area contributed by atoms with Crippen LogP contribution in [0, 0.1) is 12.8 Å². The van der Waals surface area contributed by atoms with Gasteiger partial charge in [-0.05, 0) is 49.2 Å². The Morgan fingerprint density at radius 3 is 2.00 bits per heavy atom. The molecule has 0 aromatic heterocycles. The summed E-state index contributed by atoms with van der Waals surface area (Å²) >= 11 is 7.11. The van der Waals surface area contributed by atoms with Crippen LogP contribution in [0.25, 0.3) is 0 Å². The molecule has 0 amide bonds. The van der Waals surface area contributed by atoms with E-state index in [2.05, 4.69) is 117 Å². The first kappa shape index (κ1) is 16.5. The molecule has 0 saturated heterocycles. The Labute approximate surface area is 155 Å². The lowest BCUT2D eigenvalue weighted by molar-refractivity contribution is 0.608. The van der Waals surface area contributed by atoms with E-state index in [1.807, 2.05) is 0 Å². The lowest BCUT2D eigenvalue weighted by Gasteiger charge is -2.36. The number of anilines is 2. The largest absolute Gasteiger partial charge is 0.334 e. The van der Waals surface area contributed by atoms with Gasteiger partial charge in [-0.15, -0.1) is 0 Å². The molecule has 3 rings (SSSR count). The Morgan fingerprint density at radius 2 is 1.43 bits per heavy atom. The number of rotatable bonds is 3. The van der Waals surface area contributed by atoms with Gasteiger partial charge in [0.15, 0.2) is 0 Å². The zero-order chi connectivity index (χ0) is 16.4. The smallest absolute Gasteiger partial charge is 0.0586 e. The highest BCUT2D eigenvalue weighted by molar-refractivity contribution is 9.12. The molecule has 0 spiro atoms. The summed E-state index contributed by atoms with van der Waals surface area (Å²) in [6.07, 6.45) is 6.69. The van der Waals surface area contributed by atoms with Gasteiger partial charge in [0.2, 0.25) is 0 Å². The molecule has 2 atom stereocenters. The summed E-state index contributed by atoms with van der Waals surface area (Å²) in [6.45, 7) is 4.38. The Morgan fingerprint density at radius 1 is 0.870 bits per heavy atom. The first-order valence-electron chi connectivity index (χ1n) is 7.71. The molecule has 0 saturated carbocycles. The summed E-state index contributed by atoms with van der Waals surface area (Å²) in [5, 5.41) is 0. The molecule has 0 radical (unpaired) electrons. The number of benzene rings is 2. The molecule has 0 bridgehead atoms. The highest BCUT2D eigenvalue weighted by Gasteiger charge is 2.25. The highest BCUT2D eigenvalue weighted by atomic mass is 79.9. The van der Waals surface area contributed by atoms with Crippen LogP contribution in [0.1, 0.15) is 12.5 Å². The SMILES string of the molecule is Cc1ccc(N(c2ccc(Br)cc2)C2C=CC(Br)=CC2C)cc1. The van der Waals surface area contributed by atoms with Crippen molar-refractivity contribution >= 4 is 43.2 Å². The fraction of sp³-hybridized carbons (Fsp3) is 0.200. The molecular formula is C20H19Br2N. The summed E-state index contributed by atoms with van der Waals surface area (Å²) in [4.78, 5) is 2.41. The van der Waals surface area contributed by atoms with Gasteiger partial charge in [-0.3, -0.25) is 0 Å². The molecule has 1 aliphatic rings. The maximum Gasteiger partial charge on any atom is 0.0586 e. The van der Waals surface area contributed by atoms with Gasteiger partial charge in [0.05, 0.1) is 6.04 Å². The van der Waals surface area contributed by atoms with Gasteiger partial charge in [0.1, 0.15) is 0 Å². The van der Waals surface area contributed by atoms with Crippen molar-refractivity contribution in [3.8, 4) is 0 Å². The van der Waals surface area contributed by atoms with Gasteiger partial charge in [0, 0.05) is 20.3 Å². The van der Waals surface area contributed by atoms with E-state index in [-0.39, 0.29) is 0 Å². The minimum atomic E-state index is 0.292. The van der Waals surface area contributed by atoms with Crippen LogP contribution in [-0.2, 0) is 0 Å². The number of hydrogen-bond acceptors (Lipinski definition) is 1. The summed E-state index contributed by atoms with van der Waals surface area (Å²) < 4.78 is 2.25. The van der Waals surface area contributed by atoms with Gasteiger partial charge in [-0.1, -0.05) is 74.7 Å². The van der Waals surface area contributed by atoms with Gasteiger partial charge in [0.25, 0.3) is 0 Å². The molecule has 0 aliphatic heterocycles. The molecule has 0 heterocycles. The number of aryl methyl sites for hydroxylation is 1. The lowest BCUT2D eigenvalue weighted by Crippen LogP contribution is -2.35. The van der Waals surface area contributed by atoms with Crippen molar-refractivity contribution in [1.29, 1.82) is 0 Å². The maximum absolute atomic E-state index is 3.59. The van der Waals surface area contributed by atoms with Crippen molar-refractivity contribution in [3.05, 3.63) is 81.3 Å². The number of nitrogens with zero attached hydrogens (tertiary/aromatic N) is 1. The van der Waals surface area contributed by atoms with Crippen molar-refractivity contribution in [3.63, 3.8) is 0 Å². The van der Waals surface area contributed by atoms with Crippen LogP contribution in [0.3, 0.4) is 0 Å². The lowest BCUT2D eigenvalue weighted by atomic mass is 9.94. The number of allylic oxidation sites excluding steroid dienone is 2. The zero-order valence-electron chi connectivity index (χ0n) is 13.2. The second-order valence-corrected chi connectivity index (χ2v) is 7.77. The minimum Gasteiger partial charge on any atom is -0.334 e. The van der Waals surface area contributed by atoms with Gasteiger partial charge < -0.3 is 4.90 Å². The van der Waals surface area contributed by atoms with E-state index in [1.54, 1.807) is 0 Å². The second-order valence-electron chi connectivity index (χ2n) is 5.94. The summed E-state index contributed by atoms with van der Waals surface area (Å²) in [5.41, 5.74) is 3.69. The van der Waals surface area contributed by atoms with Crippen molar-refractivity contribution in [2.75, 3.05) is 4.90 Å². The van der Waals surface area contributed by atoms with E-state index in [0.29, 0.717) is 12.0 Å². The Hall–Kier alpha value is -1.32. The van der Waals surface area contributed by atoms with Gasteiger partial charge >= 0.3 is 0 Å². The van der Waals surface area contributed by atoms with Crippen LogP contribution < -0.4 is 4.90 Å². The van der Waals surface area contributed by atoms with Crippen LogP contribution in [0.2, 0.25) is 0 Å². The Bertz CT molecular complexity index is 684. The van der Waals surface area contributed by atoms with Crippen molar-refractivity contribution in [1.82, 2.24) is 0 Å². The third-order valence-corrected chi connectivity index (χ3v) is 5.19. The van der Waals surface area contributed by atoms with E-state index >= 15 is 0 Å². The highest BCUT2D eigenvalue weighted by Crippen LogP contribution is 2.35. The Balaban J connectivity index is 2.05. The van der Waals surface area contributed by atoms with Crippen molar-refractivity contribution in [2.24, 2.45) is 5.92 Å². The minimum absolute atomic E-state index is 0.292. The van der Waals surface area contributed by atoms with Crippen LogP contribution in [0.4, 0.5) is 11.4 Å². The summed E-state index contributed by atoms with van der Waals surface area (Å²) in [6, 6.07) is 17.6. The monoisotopic (exact) mass is 431 g/mol. The Kier molecular flexibility index (Phi) is 5.08. The average Bonchev–Trinajstić information content (AvgIpc) is 2.53. The quantitative estimate of drug-likeness (QED) is 0.518. The van der Waals surface area contributed by atoms with Gasteiger partial charge in [-0.25, -0.2) is 0 Å². The fourth-order valence-electron chi connectivity index (χ4n) is 2.89. The van der Waals surface area contributed by atoms with Crippen molar-refractivity contribution < 1.29 is 0 Å². The molecule has 23 heavy (non-hydrogen) atoms. The maximum atomic E-state index is 3.59. The molecule has 3 heteroatoms. The van der Waals surface area contributed by atoms with Gasteiger partial charge in [-0.2, -0.15) is 0 Å². The molecule has 1 aliphatic carbocycles. The van der Waals surface area contributed by atoms with E-state index < -0.39 is 0 Å². The fourth-order valence-corrected chi connectivity index (χ4v) is 3.73. The molecule has 0 N–H and O–H groups in total. The number of halogens is 2. The molecule has 118 valence electrons. The van der Waals surface area contributed by atoms with Crippen LogP contribution >= 0.6 is 31.9 Å². The summed E-state index contributed by atoms with van der Waals surface area (Å²) in [5.74, 6) is 0.416. The third-order valence-electron chi connectivity index (χ3n) is 4.13. The first-order chi connectivity index (χ1) is 11.0. The molecule has 2 aromatic carbocycles. The molecule has 2 aromatic rings. The van der Waals surface area contributed by atoms with Crippen molar-refractivity contribution in [2.45, 2.75) is 19.9 Å². The topological polar surface area (TPSA) is 3.24 Å². The first-order valence-corrected chi connectivity index (χ1v) is 9.30. The van der Waals surface area contributed by atoms with E-state index in [4.69, 9.17) is 0 Å². The van der Waals surface area contributed by atoms with E-state index in [1.165, 1.54) is 16.9 Å². The molecule has 0 fully saturated rings. The third kappa shape index (κ3) is 3.78. The summed E-state index contributed by atoms with van der Waals surface area (Å²) in [7, 11) is 0. The van der Waals surface area contributed by atoms with Crippen LogP contribution in [0.5, 0.6) is 0 Å². The zero-order valence-corrected chi connectivity index (χ0v) is 16.4. The van der Waals surface area contributed by atoms with Crippen LogP contribution in [-0.4, -0.2) is 6.04 Å². The molecule has 2 unspecified atom stereocenters. The molecule has 1 nitrogen and oxygen atoms in total. The number of hydrogen-bond donors (Lipinski definition) is 0.